The minimum absolute atomic E-state index is 1.05. The minimum atomic E-state index is 1.05. The van der Waals surface area contributed by atoms with E-state index in [1.54, 1.807) is 6.33 Å². The Hall–Kier alpha value is -1.44. The molecule has 1 heterocycles. The summed E-state index contributed by atoms with van der Waals surface area (Å²) in [6, 6.07) is 8.19. The van der Waals surface area contributed by atoms with Gasteiger partial charge in [0.05, 0.1) is 11.2 Å². The van der Waals surface area contributed by atoms with E-state index in [9.17, 15) is 0 Å². The first-order valence-corrected chi connectivity index (χ1v) is 5.10. The van der Waals surface area contributed by atoms with Crippen LogP contribution in [0.25, 0.3) is 10.9 Å². The van der Waals surface area contributed by atoms with E-state index in [4.69, 9.17) is 0 Å². The van der Waals surface area contributed by atoms with Gasteiger partial charge in [-0.15, -0.1) is 0 Å². The van der Waals surface area contributed by atoms with E-state index in [0.717, 1.165) is 11.9 Å². The van der Waals surface area contributed by atoms with Gasteiger partial charge in [-0.2, -0.15) is 0 Å². The molecule has 2 rings (SSSR count). The third kappa shape index (κ3) is 1.74. The molecule has 0 bridgehead atoms. The zero-order valence-electron chi connectivity index (χ0n) is 8.40. The van der Waals surface area contributed by atoms with E-state index in [-0.39, 0.29) is 0 Å². The minimum Gasteiger partial charge on any atom is -0.241 e. The van der Waals surface area contributed by atoms with Crippen molar-refractivity contribution in [3.05, 3.63) is 36.3 Å². The van der Waals surface area contributed by atoms with Gasteiger partial charge in [0.2, 0.25) is 0 Å². The van der Waals surface area contributed by atoms with Crippen LogP contribution in [-0.2, 0) is 6.42 Å². The molecule has 0 fully saturated rings. The summed E-state index contributed by atoms with van der Waals surface area (Å²) in [6.45, 7) is 2.20. The molecule has 0 aliphatic carbocycles. The monoisotopic (exact) mass is 186 g/mol. The maximum atomic E-state index is 4.33. The molecule has 0 saturated carbocycles. The van der Waals surface area contributed by atoms with Gasteiger partial charge in [0, 0.05) is 5.39 Å². The van der Waals surface area contributed by atoms with Crippen LogP contribution in [0.1, 0.15) is 25.5 Å². The third-order valence-electron chi connectivity index (χ3n) is 2.39. The van der Waals surface area contributed by atoms with Crippen molar-refractivity contribution in [1.29, 1.82) is 0 Å². The number of hydrogen-bond donors (Lipinski definition) is 0. The Kier molecular flexibility index (Phi) is 2.73. The zero-order chi connectivity index (χ0) is 9.80. The van der Waals surface area contributed by atoms with Crippen molar-refractivity contribution in [3.63, 3.8) is 0 Å². The second kappa shape index (κ2) is 4.18. The van der Waals surface area contributed by atoms with Crippen molar-refractivity contribution in [1.82, 2.24) is 9.97 Å². The molecule has 0 N–H and O–H groups in total. The average molecular weight is 186 g/mol. The van der Waals surface area contributed by atoms with Crippen molar-refractivity contribution in [3.8, 4) is 0 Å². The molecule has 0 amide bonds. The summed E-state index contributed by atoms with van der Waals surface area (Å²) >= 11 is 0. The van der Waals surface area contributed by atoms with E-state index in [0.29, 0.717) is 0 Å². The van der Waals surface area contributed by atoms with E-state index < -0.39 is 0 Å². The van der Waals surface area contributed by atoms with Gasteiger partial charge in [-0.3, -0.25) is 0 Å². The van der Waals surface area contributed by atoms with Crippen molar-refractivity contribution in [2.45, 2.75) is 26.2 Å². The summed E-state index contributed by atoms with van der Waals surface area (Å²) in [7, 11) is 0. The second-order valence-corrected chi connectivity index (χ2v) is 3.44. The van der Waals surface area contributed by atoms with E-state index >= 15 is 0 Å². The summed E-state index contributed by atoms with van der Waals surface area (Å²) < 4.78 is 0. The van der Waals surface area contributed by atoms with Crippen molar-refractivity contribution >= 4 is 10.9 Å². The number of hydrogen-bond acceptors (Lipinski definition) is 2. The first-order chi connectivity index (χ1) is 6.92. The number of nitrogens with zero attached hydrogens (tertiary/aromatic N) is 2. The largest absolute Gasteiger partial charge is 0.241 e. The number of unbranched alkanes of at least 4 members (excludes halogenated alkanes) is 1. The molecule has 1 aromatic carbocycles. The molecule has 1 aromatic heterocycles. The topological polar surface area (TPSA) is 25.8 Å². The summed E-state index contributed by atoms with van der Waals surface area (Å²) in [5.41, 5.74) is 2.23. The summed E-state index contributed by atoms with van der Waals surface area (Å²) in [5.74, 6) is 0. The summed E-state index contributed by atoms with van der Waals surface area (Å²) in [4.78, 5) is 8.57. The molecule has 0 radical (unpaired) electrons. The number of aryl methyl sites for hydroxylation is 1. The molecular formula is C12H14N2. The van der Waals surface area contributed by atoms with Gasteiger partial charge in [0.1, 0.15) is 6.33 Å². The molecular weight excluding hydrogens is 172 g/mol. The lowest BCUT2D eigenvalue weighted by molar-refractivity contribution is 0.780. The Labute approximate surface area is 84.0 Å². The van der Waals surface area contributed by atoms with Gasteiger partial charge >= 0.3 is 0 Å². The van der Waals surface area contributed by atoms with Crippen LogP contribution in [-0.4, -0.2) is 9.97 Å². The maximum absolute atomic E-state index is 4.33. The second-order valence-electron chi connectivity index (χ2n) is 3.44. The van der Waals surface area contributed by atoms with E-state index in [1.807, 2.05) is 18.2 Å². The predicted molar refractivity (Wildman–Crippen MR) is 58.2 cm³/mol. The highest BCUT2D eigenvalue weighted by atomic mass is 14.8. The van der Waals surface area contributed by atoms with Crippen LogP contribution in [0.15, 0.2) is 30.6 Å². The van der Waals surface area contributed by atoms with E-state index in [1.165, 1.54) is 23.9 Å². The van der Waals surface area contributed by atoms with Crippen LogP contribution in [0.2, 0.25) is 0 Å². The quantitative estimate of drug-likeness (QED) is 0.736. The lowest BCUT2D eigenvalue weighted by Gasteiger charge is -2.02. The highest BCUT2D eigenvalue weighted by Gasteiger charge is 2.01. The highest BCUT2D eigenvalue weighted by Crippen LogP contribution is 2.15. The van der Waals surface area contributed by atoms with Gasteiger partial charge in [0.25, 0.3) is 0 Å². The molecule has 0 aliphatic rings. The standard InChI is InChI=1S/C12H14N2/c1-2-3-7-11-10-6-4-5-8-12(10)14-9-13-11/h4-6,8-9H,2-3,7H2,1H3. The molecule has 2 aromatic rings. The maximum Gasteiger partial charge on any atom is 0.116 e. The van der Waals surface area contributed by atoms with Crippen LogP contribution < -0.4 is 0 Å². The normalized spacial score (nSPS) is 10.6. The molecule has 0 saturated heterocycles. The van der Waals surface area contributed by atoms with Gasteiger partial charge < -0.3 is 0 Å². The van der Waals surface area contributed by atoms with Gasteiger partial charge in [0.15, 0.2) is 0 Å². The first-order valence-electron chi connectivity index (χ1n) is 5.10. The zero-order valence-corrected chi connectivity index (χ0v) is 8.40. The molecule has 0 atom stereocenters. The molecule has 0 spiro atoms. The Morgan fingerprint density at radius 2 is 2.00 bits per heavy atom. The van der Waals surface area contributed by atoms with Crippen molar-refractivity contribution < 1.29 is 0 Å². The molecule has 72 valence electrons. The molecule has 0 unspecified atom stereocenters. The summed E-state index contributed by atoms with van der Waals surface area (Å²) in [5, 5.41) is 1.20. The predicted octanol–water partition coefficient (Wildman–Crippen LogP) is 2.97. The van der Waals surface area contributed by atoms with Crippen LogP contribution in [0, 0.1) is 0 Å². The van der Waals surface area contributed by atoms with Crippen LogP contribution in [0.3, 0.4) is 0 Å². The van der Waals surface area contributed by atoms with Crippen molar-refractivity contribution in [2.75, 3.05) is 0 Å². The SMILES string of the molecule is CCCCc1ncnc2ccccc12. The van der Waals surface area contributed by atoms with Gasteiger partial charge in [-0.25, -0.2) is 9.97 Å². The Bertz CT molecular complexity index is 418. The molecule has 2 heteroatoms. The van der Waals surface area contributed by atoms with Gasteiger partial charge in [-0.05, 0) is 18.9 Å². The van der Waals surface area contributed by atoms with Crippen LogP contribution in [0.5, 0.6) is 0 Å². The first kappa shape index (κ1) is 9.13. The number of fused-ring (bicyclic) bond motifs is 1. The molecule has 14 heavy (non-hydrogen) atoms. The Morgan fingerprint density at radius 3 is 2.86 bits per heavy atom. The third-order valence-corrected chi connectivity index (χ3v) is 2.39. The Morgan fingerprint density at radius 1 is 1.14 bits per heavy atom. The number of rotatable bonds is 3. The number of benzene rings is 1. The fraction of sp³-hybridized carbons (Fsp3) is 0.333. The number of aromatic nitrogens is 2. The highest BCUT2D eigenvalue weighted by molar-refractivity contribution is 5.80. The van der Waals surface area contributed by atoms with Crippen LogP contribution >= 0.6 is 0 Å². The molecule has 0 aliphatic heterocycles. The van der Waals surface area contributed by atoms with Crippen LogP contribution in [0.4, 0.5) is 0 Å². The lowest BCUT2D eigenvalue weighted by Crippen LogP contribution is -1.93. The van der Waals surface area contributed by atoms with Gasteiger partial charge in [-0.1, -0.05) is 31.5 Å². The smallest absolute Gasteiger partial charge is 0.116 e. The lowest BCUT2D eigenvalue weighted by atomic mass is 10.1. The fourth-order valence-corrected chi connectivity index (χ4v) is 1.60. The summed E-state index contributed by atoms with van der Waals surface area (Å²) in [6.07, 6.45) is 5.12. The average Bonchev–Trinajstić information content (AvgIpc) is 2.26. The fourth-order valence-electron chi connectivity index (χ4n) is 1.60. The number of para-hydroxylation sites is 1. The Balaban J connectivity index is 2.43. The van der Waals surface area contributed by atoms with E-state index in [2.05, 4.69) is 23.0 Å². The van der Waals surface area contributed by atoms with Crippen molar-refractivity contribution in [2.24, 2.45) is 0 Å². The molecule has 2 nitrogen and oxygen atoms in total.